The Kier molecular flexibility index (Phi) is 5.95. The van der Waals surface area contributed by atoms with E-state index >= 15 is 0 Å². The molecule has 0 spiro atoms. The third-order valence-electron chi connectivity index (χ3n) is 2.33. The molecule has 0 saturated heterocycles. The van der Waals surface area contributed by atoms with Crippen molar-refractivity contribution in [2.75, 3.05) is 19.5 Å². The number of rotatable bonds is 5. The summed E-state index contributed by atoms with van der Waals surface area (Å²) in [6.07, 6.45) is 1.04. The molecule has 0 aliphatic rings. The van der Waals surface area contributed by atoms with E-state index in [0.29, 0.717) is 11.4 Å². The van der Waals surface area contributed by atoms with Crippen LogP contribution in [0.3, 0.4) is 0 Å². The van der Waals surface area contributed by atoms with Crippen molar-refractivity contribution in [2.24, 2.45) is 0 Å². The summed E-state index contributed by atoms with van der Waals surface area (Å²) in [7, 11) is 2.47. The van der Waals surface area contributed by atoms with Gasteiger partial charge >= 0.3 is 11.9 Å². The van der Waals surface area contributed by atoms with Crippen molar-refractivity contribution in [1.82, 2.24) is 0 Å². The number of methoxy groups -OCH3 is 2. The number of anilines is 1. The van der Waals surface area contributed by atoms with Gasteiger partial charge in [-0.2, -0.15) is 12.6 Å². The third-order valence-corrected chi connectivity index (χ3v) is 2.67. The molecule has 0 aliphatic heterocycles. The largest absolute Gasteiger partial charge is 0.466 e. The second-order valence-corrected chi connectivity index (χ2v) is 3.83. The van der Waals surface area contributed by atoms with Gasteiger partial charge in [0.25, 0.3) is 0 Å². The molecule has 0 aliphatic carbocycles. The molecule has 0 bridgehead atoms. The van der Waals surface area contributed by atoms with Crippen LogP contribution in [0.15, 0.2) is 36.0 Å². The minimum Gasteiger partial charge on any atom is -0.466 e. The second kappa shape index (κ2) is 7.48. The highest BCUT2D eigenvalue weighted by atomic mass is 32.1. The van der Waals surface area contributed by atoms with Crippen LogP contribution < -0.4 is 5.32 Å². The summed E-state index contributed by atoms with van der Waals surface area (Å²) in [5.74, 6) is -0.800. The van der Waals surface area contributed by atoms with Crippen molar-refractivity contribution in [3.8, 4) is 0 Å². The predicted octanol–water partition coefficient (Wildman–Crippen LogP) is 1.76. The van der Waals surface area contributed by atoms with Crippen LogP contribution in [0, 0.1) is 0 Å². The van der Waals surface area contributed by atoms with Crippen LogP contribution in [0.2, 0.25) is 0 Å². The zero-order valence-electron chi connectivity index (χ0n) is 10.7. The van der Waals surface area contributed by atoms with Gasteiger partial charge in [-0.3, -0.25) is 0 Å². The summed E-state index contributed by atoms with van der Waals surface area (Å²) in [4.78, 5) is 22.8. The van der Waals surface area contributed by atoms with Gasteiger partial charge in [0.2, 0.25) is 0 Å². The van der Waals surface area contributed by atoms with Crippen LogP contribution >= 0.6 is 12.6 Å². The number of esters is 2. The Bertz CT molecular complexity index is 499. The molecule has 0 amide bonds. The van der Waals surface area contributed by atoms with Crippen molar-refractivity contribution in [3.05, 3.63) is 41.6 Å². The van der Waals surface area contributed by atoms with Crippen LogP contribution in [-0.2, 0) is 24.8 Å². The first-order chi connectivity index (χ1) is 9.12. The lowest BCUT2D eigenvalue weighted by molar-refractivity contribution is -0.138. The maximum atomic E-state index is 11.6. The van der Waals surface area contributed by atoms with E-state index in [1.54, 1.807) is 6.07 Å². The summed E-state index contributed by atoms with van der Waals surface area (Å²) in [6, 6.07) is 7.31. The Balaban J connectivity index is 3.04. The van der Waals surface area contributed by atoms with E-state index in [0.717, 1.165) is 11.6 Å². The molecule has 19 heavy (non-hydrogen) atoms. The van der Waals surface area contributed by atoms with Gasteiger partial charge in [-0.15, -0.1) is 0 Å². The number of hydrogen-bond acceptors (Lipinski definition) is 6. The molecule has 6 heteroatoms. The minimum atomic E-state index is -0.653. The first-order valence-corrected chi connectivity index (χ1v) is 6.09. The van der Waals surface area contributed by atoms with Gasteiger partial charge in [-0.05, 0) is 11.6 Å². The van der Waals surface area contributed by atoms with Gasteiger partial charge in [-0.1, -0.05) is 18.2 Å². The van der Waals surface area contributed by atoms with E-state index in [1.807, 2.05) is 18.2 Å². The Labute approximate surface area is 117 Å². The van der Waals surface area contributed by atoms with Gasteiger partial charge in [0.05, 0.1) is 20.3 Å². The number of carbonyl (C=O) groups excluding carboxylic acids is 2. The summed E-state index contributed by atoms with van der Waals surface area (Å²) < 4.78 is 9.10. The lowest BCUT2D eigenvalue weighted by Crippen LogP contribution is -2.16. The molecule has 1 aromatic rings. The first kappa shape index (κ1) is 15.1. The highest BCUT2D eigenvalue weighted by molar-refractivity contribution is 7.79. The number of nitrogens with one attached hydrogen (secondary N) is 1. The van der Waals surface area contributed by atoms with Crippen molar-refractivity contribution < 1.29 is 19.1 Å². The number of hydrogen-bond donors (Lipinski definition) is 2. The predicted molar refractivity (Wildman–Crippen MR) is 74.9 cm³/mol. The van der Waals surface area contributed by atoms with Gasteiger partial charge < -0.3 is 14.8 Å². The number of benzene rings is 1. The smallest absolute Gasteiger partial charge is 0.354 e. The average Bonchev–Trinajstić information content (AvgIpc) is 2.45. The topological polar surface area (TPSA) is 64.6 Å². The monoisotopic (exact) mass is 281 g/mol. The molecule has 0 heterocycles. The number of carbonyl (C=O) groups is 2. The molecule has 0 saturated carbocycles. The van der Waals surface area contributed by atoms with Crippen molar-refractivity contribution >= 4 is 30.3 Å². The normalized spacial score (nSPS) is 10.8. The highest BCUT2D eigenvalue weighted by Gasteiger charge is 2.13. The van der Waals surface area contributed by atoms with E-state index in [4.69, 9.17) is 0 Å². The quantitative estimate of drug-likeness (QED) is 0.489. The van der Waals surface area contributed by atoms with Crippen molar-refractivity contribution in [3.63, 3.8) is 0 Å². The molecule has 102 valence electrons. The third kappa shape index (κ3) is 4.33. The molecule has 1 aromatic carbocycles. The van der Waals surface area contributed by atoms with E-state index in [1.165, 1.54) is 14.2 Å². The Hall–Kier alpha value is -1.95. The Morgan fingerprint density at radius 2 is 1.95 bits per heavy atom. The van der Waals surface area contributed by atoms with Crippen molar-refractivity contribution in [2.45, 2.75) is 5.75 Å². The van der Waals surface area contributed by atoms with Crippen LogP contribution in [0.4, 0.5) is 5.69 Å². The molecular weight excluding hydrogens is 266 g/mol. The second-order valence-electron chi connectivity index (χ2n) is 3.51. The maximum absolute atomic E-state index is 11.6. The molecule has 5 nitrogen and oxygen atoms in total. The number of ether oxygens (including phenoxy) is 2. The molecule has 0 fully saturated rings. The first-order valence-electron chi connectivity index (χ1n) is 5.46. The maximum Gasteiger partial charge on any atom is 0.354 e. The Morgan fingerprint density at radius 1 is 1.26 bits per heavy atom. The van der Waals surface area contributed by atoms with Gasteiger partial charge in [0.15, 0.2) is 0 Å². The van der Waals surface area contributed by atoms with Crippen molar-refractivity contribution in [1.29, 1.82) is 0 Å². The molecule has 0 aromatic heterocycles. The highest BCUT2D eigenvalue weighted by Crippen LogP contribution is 2.19. The summed E-state index contributed by atoms with van der Waals surface area (Å²) in [5.41, 5.74) is 1.58. The van der Waals surface area contributed by atoms with Crippen LogP contribution in [0.25, 0.3) is 0 Å². The Morgan fingerprint density at radius 3 is 2.53 bits per heavy atom. The fraction of sp³-hybridized carbons (Fsp3) is 0.231. The minimum absolute atomic E-state index is 0.00332. The SMILES string of the molecule is COC(=O)/C=C(/Nc1ccccc1CS)C(=O)OC. The van der Waals surface area contributed by atoms with E-state index in [-0.39, 0.29) is 5.70 Å². The van der Waals surface area contributed by atoms with E-state index in [2.05, 4.69) is 27.4 Å². The fourth-order valence-electron chi connectivity index (χ4n) is 1.36. The molecule has 0 unspecified atom stereocenters. The average molecular weight is 281 g/mol. The van der Waals surface area contributed by atoms with E-state index in [9.17, 15) is 9.59 Å². The van der Waals surface area contributed by atoms with Crippen LogP contribution in [0.5, 0.6) is 0 Å². The zero-order chi connectivity index (χ0) is 14.3. The van der Waals surface area contributed by atoms with Gasteiger partial charge in [0, 0.05) is 11.4 Å². The standard InChI is InChI=1S/C13H15NO4S/c1-17-12(15)7-11(13(16)18-2)14-10-6-4-3-5-9(10)8-19/h3-7,14,19H,8H2,1-2H3/b11-7+. The lowest BCUT2D eigenvalue weighted by Gasteiger charge is -2.12. The van der Waals surface area contributed by atoms with E-state index < -0.39 is 11.9 Å². The van der Waals surface area contributed by atoms with Gasteiger partial charge in [-0.25, -0.2) is 9.59 Å². The number of para-hydroxylation sites is 1. The molecular formula is C13H15NO4S. The summed E-state index contributed by atoms with van der Waals surface area (Å²) in [5, 5.41) is 2.85. The fourth-order valence-corrected chi connectivity index (χ4v) is 1.63. The van der Waals surface area contributed by atoms with Gasteiger partial charge in [0.1, 0.15) is 5.70 Å². The lowest BCUT2D eigenvalue weighted by atomic mass is 10.2. The molecule has 1 rings (SSSR count). The van der Waals surface area contributed by atoms with Crippen LogP contribution in [0.1, 0.15) is 5.56 Å². The summed E-state index contributed by atoms with van der Waals surface area (Å²) >= 11 is 4.20. The summed E-state index contributed by atoms with van der Waals surface area (Å²) in [6.45, 7) is 0. The molecule has 0 atom stereocenters. The van der Waals surface area contributed by atoms with Crippen LogP contribution in [-0.4, -0.2) is 26.2 Å². The molecule has 1 N–H and O–H groups in total. The number of thiol groups is 1. The molecule has 0 radical (unpaired) electrons. The zero-order valence-corrected chi connectivity index (χ0v) is 11.6.